The zero-order chi connectivity index (χ0) is 13.1. The molecule has 0 aromatic carbocycles. The fourth-order valence-electron chi connectivity index (χ4n) is 1.71. The van der Waals surface area contributed by atoms with Crippen LogP contribution in [-0.4, -0.2) is 24.2 Å². The van der Waals surface area contributed by atoms with Gasteiger partial charge >= 0.3 is 5.97 Å². The van der Waals surface area contributed by atoms with Crippen molar-refractivity contribution in [2.45, 2.75) is 19.4 Å². The Kier molecular flexibility index (Phi) is 3.72. The van der Waals surface area contributed by atoms with Crippen LogP contribution in [0.1, 0.15) is 22.4 Å². The van der Waals surface area contributed by atoms with E-state index in [4.69, 9.17) is 9.52 Å². The molecule has 0 aliphatic rings. The summed E-state index contributed by atoms with van der Waals surface area (Å²) in [5.41, 5.74) is 0. The van der Waals surface area contributed by atoms with Gasteiger partial charge in [-0.1, -0.05) is 6.07 Å². The summed E-state index contributed by atoms with van der Waals surface area (Å²) in [6.07, 6.45) is 0.914. The number of aromatic carboxylic acids is 1. The summed E-state index contributed by atoms with van der Waals surface area (Å²) >= 11 is 1.72. The van der Waals surface area contributed by atoms with Gasteiger partial charge in [0.15, 0.2) is 5.88 Å². The maximum absolute atomic E-state index is 10.8. The second-order valence-corrected chi connectivity index (χ2v) is 5.22. The second-order valence-electron chi connectivity index (χ2n) is 4.19. The third-order valence-electron chi connectivity index (χ3n) is 2.89. The number of carboxylic acid groups (broad SMARTS) is 1. The lowest BCUT2D eigenvalue weighted by Gasteiger charge is -2.23. The molecule has 0 spiro atoms. The number of furan rings is 1. The van der Waals surface area contributed by atoms with Crippen LogP contribution in [0, 0.1) is 0 Å². The minimum Gasteiger partial charge on any atom is -0.475 e. The number of rotatable bonds is 5. The predicted octanol–water partition coefficient (Wildman–Crippen LogP) is 3.11. The Hall–Kier alpha value is -1.75. The molecular formula is C13H15NO3S. The number of hydrogen-bond donors (Lipinski definition) is 1. The molecule has 0 fully saturated rings. The van der Waals surface area contributed by atoms with Gasteiger partial charge in [0.1, 0.15) is 0 Å². The zero-order valence-corrected chi connectivity index (χ0v) is 11.1. The Bertz CT molecular complexity index is 518. The molecule has 0 bridgehead atoms. The summed E-state index contributed by atoms with van der Waals surface area (Å²) in [6, 6.07) is 7.54. The first kappa shape index (κ1) is 12.7. The van der Waals surface area contributed by atoms with Crippen molar-refractivity contribution >= 4 is 23.2 Å². The first-order valence-electron chi connectivity index (χ1n) is 5.66. The van der Waals surface area contributed by atoms with Crippen molar-refractivity contribution in [1.82, 2.24) is 0 Å². The summed E-state index contributed by atoms with van der Waals surface area (Å²) in [5.74, 6) is -0.489. The van der Waals surface area contributed by atoms with Crippen molar-refractivity contribution in [3.05, 3.63) is 40.3 Å². The van der Waals surface area contributed by atoms with Crippen molar-refractivity contribution < 1.29 is 14.3 Å². The Morgan fingerprint density at radius 2 is 2.28 bits per heavy atom. The molecule has 1 atom stereocenters. The lowest BCUT2D eigenvalue weighted by atomic mass is 10.2. The standard InChI is InChI=1S/C13H15NO3S/c1-9(8-10-4-3-7-18-10)14(2)12-6-5-11(17-12)13(15)16/h3-7,9H,8H2,1-2H3,(H,15,16). The molecular weight excluding hydrogens is 250 g/mol. The van der Waals surface area contributed by atoms with Gasteiger partial charge in [-0.2, -0.15) is 0 Å². The maximum Gasteiger partial charge on any atom is 0.371 e. The third-order valence-corrected chi connectivity index (χ3v) is 3.79. The molecule has 96 valence electrons. The fourth-order valence-corrected chi connectivity index (χ4v) is 2.53. The summed E-state index contributed by atoms with van der Waals surface area (Å²) in [7, 11) is 1.91. The average Bonchev–Trinajstić information content (AvgIpc) is 2.98. The van der Waals surface area contributed by atoms with Gasteiger partial charge < -0.3 is 14.4 Å². The first-order chi connectivity index (χ1) is 8.58. The van der Waals surface area contributed by atoms with Gasteiger partial charge in [0, 0.05) is 30.5 Å². The van der Waals surface area contributed by atoms with Crippen LogP contribution in [0.2, 0.25) is 0 Å². The summed E-state index contributed by atoms with van der Waals surface area (Å²) in [4.78, 5) is 14.0. The smallest absolute Gasteiger partial charge is 0.371 e. The molecule has 0 saturated heterocycles. The predicted molar refractivity (Wildman–Crippen MR) is 71.6 cm³/mol. The number of carboxylic acids is 1. The summed E-state index contributed by atoms with van der Waals surface area (Å²) in [5, 5.41) is 10.9. The Morgan fingerprint density at radius 1 is 1.50 bits per heavy atom. The molecule has 2 aromatic rings. The highest BCUT2D eigenvalue weighted by atomic mass is 32.1. The molecule has 1 unspecified atom stereocenters. The van der Waals surface area contributed by atoms with Crippen LogP contribution in [0.3, 0.4) is 0 Å². The van der Waals surface area contributed by atoms with E-state index in [-0.39, 0.29) is 11.8 Å². The maximum atomic E-state index is 10.8. The number of carbonyl (C=O) groups is 1. The molecule has 0 aliphatic heterocycles. The number of likely N-dealkylation sites (N-methyl/N-ethyl adjacent to an activating group) is 1. The van der Waals surface area contributed by atoms with Crippen LogP contribution in [0.5, 0.6) is 0 Å². The fraction of sp³-hybridized carbons (Fsp3) is 0.308. The monoisotopic (exact) mass is 265 g/mol. The summed E-state index contributed by atoms with van der Waals surface area (Å²) < 4.78 is 5.28. The van der Waals surface area contributed by atoms with Crippen LogP contribution in [-0.2, 0) is 6.42 Å². The van der Waals surface area contributed by atoms with Crippen LogP contribution in [0.25, 0.3) is 0 Å². The SMILES string of the molecule is CC(Cc1cccs1)N(C)c1ccc(C(=O)O)o1. The number of hydrogen-bond acceptors (Lipinski definition) is 4. The van der Waals surface area contributed by atoms with Gasteiger partial charge in [-0.3, -0.25) is 0 Å². The van der Waals surface area contributed by atoms with Gasteiger partial charge in [0.25, 0.3) is 0 Å². The van der Waals surface area contributed by atoms with E-state index in [1.165, 1.54) is 10.9 Å². The Morgan fingerprint density at radius 3 is 2.83 bits per heavy atom. The van der Waals surface area contributed by atoms with Crippen molar-refractivity contribution in [2.24, 2.45) is 0 Å². The van der Waals surface area contributed by atoms with Gasteiger partial charge in [-0.05, 0) is 24.4 Å². The lowest BCUT2D eigenvalue weighted by Crippen LogP contribution is -2.30. The summed E-state index contributed by atoms with van der Waals surface area (Å²) in [6.45, 7) is 2.09. The Labute approximate surface area is 109 Å². The van der Waals surface area contributed by atoms with E-state index in [2.05, 4.69) is 18.4 Å². The van der Waals surface area contributed by atoms with E-state index >= 15 is 0 Å². The molecule has 2 aromatic heterocycles. The zero-order valence-electron chi connectivity index (χ0n) is 10.3. The van der Waals surface area contributed by atoms with Gasteiger partial charge in [-0.15, -0.1) is 11.3 Å². The highest BCUT2D eigenvalue weighted by Gasteiger charge is 2.16. The van der Waals surface area contributed by atoms with Gasteiger partial charge in [0.05, 0.1) is 0 Å². The third kappa shape index (κ3) is 2.73. The van der Waals surface area contributed by atoms with Crippen LogP contribution >= 0.6 is 11.3 Å². The molecule has 2 rings (SSSR count). The number of anilines is 1. The average molecular weight is 265 g/mol. The minimum atomic E-state index is -1.04. The van der Waals surface area contributed by atoms with Gasteiger partial charge in [0.2, 0.25) is 5.76 Å². The molecule has 0 amide bonds. The van der Waals surface area contributed by atoms with E-state index in [9.17, 15) is 4.79 Å². The van der Waals surface area contributed by atoms with E-state index in [0.29, 0.717) is 5.88 Å². The van der Waals surface area contributed by atoms with E-state index in [1.807, 2.05) is 18.0 Å². The molecule has 1 N–H and O–H groups in total. The normalized spacial score (nSPS) is 12.3. The Balaban J connectivity index is 2.05. The molecule has 4 nitrogen and oxygen atoms in total. The quantitative estimate of drug-likeness (QED) is 0.902. The van der Waals surface area contributed by atoms with Crippen LogP contribution in [0.4, 0.5) is 5.88 Å². The van der Waals surface area contributed by atoms with Crippen molar-refractivity contribution in [2.75, 3.05) is 11.9 Å². The first-order valence-corrected chi connectivity index (χ1v) is 6.54. The minimum absolute atomic E-state index is 0.0276. The van der Waals surface area contributed by atoms with Gasteiger partial charge in [-0.25, -0.2) is 4.79 Å². The molecule has 0 aliphatic carbocycles. The topological polar surface area (TPSA) is 53.7 Å². The van der Waals surface area contributed by atoms with E-state index in [0.717, 1.165) is 6.42 Å². The molecule has 2 heterocycles. The van der Waals surface area contributed by atoms with Crippen LogP contribution < -0.4 is 4.90 Å². The molecule has 5 heteroatoms. The van der Waals surface area contributed by atoms with Crippen molar-refractivity contribution in [3.63, 3.8) is 0 Å². The molecule has 18 heavy (non-hydrogen) atoms. The highest BCUT2D eigenvalue weighted by Crippen LogP contribution is 2.22. The lowest BCUT2D eigenvalue weighted by molar-refractivity contribution is 0.0663. The molecule has 0 saturated carbocycles. The molecule has 0 radical (unpaired) electrons. The highest BCUT2D eigenvalue weighted by molar-refractivity contribution is 7.09. The van der Waals surface area contributed by atoms with Crippen LogP contribution in [0.15, 0.2) is 34.1 Å². The van der Waals surface area contributed by atoms with E-state index in [1.54, 1.807) is 17.4 Å². The van der Waals surface area contributed by atoms with Crippen molar-refractivity contribution in [3.8, 4) is 0 Å². The van der Waals surface area contributed by atoms with Crippen molar-refractivity contribution in [1.29, 1.82) is 0 Å². The second kappa shape index (κ2) is 5.27. The van der Waals surface area contributed by atoms with E-state index < -0.39 is 5.97 Å². The number of nitrogens with zero attached hydrogens (tertiary/aromatic N) is 1. The number of thiophene rings is 1. The largest absolute Gasteiger partial charge is 0.475 e.